The Morgan fingerprint density at radius 1 is 0.971 bits per heavy atom. The highest BCUT2D eigenvalue weighted by atomic mass is 19.1. The molecule has 0 aliphatic carbocycles. The molecule has 0 atom stereocenters. The molecule has 1 aliphatic rings. The summed E-state index contributed by atoms with van der Waals surface area (Å²) in [5, 5.41) is 7.89. The molecule has 5 rings (SSSR count). The van der Waals surface area contributed by atoms with Crippen LogP contribution in [0.4, 0.5) is 15.9 Å². The molecule has 1 amide bonds. The second-order valence-corrected chi connectivity index (χ2v) is 9.64. The van der Waals surface area contributed by atoms with Crippen molar-refractivity contribution in [3.8, 4) is 11.3 Å². The van der Waals surface area contributed by atoms with E-state index < -0.39 is 0 Å². The number of amides is 1. The van der Waals surface area contributed by atoms with Crippen LogP contribution in [0.5, 0.6) is 0 Å². The van der Waals surface area contributed by atoms with E-state index in [1.54, 1.807) is 13.0 Å². The van der Waals surface area contributed by atoms with Crippen LogP contribution in [0.1, 0.15) is 35.2 Å². The smallest absolute Gasteiger partial charge is 0.227 e. The summed E-state index contributed by atoms with van der Waals surface area (Å²) in [6.45, 7) is 9.48. The van der Waals surface area contributed by atoms with E-state index in [-0.39, 0.29) is 17.6 Å². The zero-order valence-corrected chi connectivity index (χ0v) is 20.6. The highest BCUT2D eigenvalue weighted by Crippen LogP contribution is 2.28. The van der Waals surface area contributed by atoms with Gasteiger partial charge in [0.25, 0.3) is 0 Å². The number of nitrogens with one attached hydrogen (secondary N) is 1. The molecule has 1 saturated heterocycles. The van der Waals surface area contributed by atoms with Gasteiger partial charge in [0.2, 0.25) is 5.91 Å². The molecule has 0 saturated carbocycles. The van der Waals surface area contributed by atoms with E-state index in [1.807, 2.05) is 17.5 Å². The first-order chi connectivity index (χ1) is 16.8. The molecule has 0 unspecified atom stereocenters. The first kappa shape index (κ1) is 23.0. The van der Waals surface area contributed by atoms with Gasteiger partial charge >= 0.3 is 0 Å². The van der Waals surface area contributed by atoms with Gasteiger partial charge in [0.05, 0.1) is 5.69 Å². The number of halogens is 1. The summed E-state index contributed by atoms with van der Waals surface area (Å²) >= 11 is 0. The minimum absolute atomic E-state index is 0.00777. The minimum atomic E-state index is -0.299. The molecule has 2 aromatic carbocycles. The van der Waals surface area contributed by atoms with Gasteiger partial charge in [-0.15, -0.1) is 0 Å². The van der Waals surface area contributed by atoms with Crippen LogP contribution in [-0.2, 0) is 4.79 Å². The van der Waals surface area contributed by atoms with Crippen LogP contribution in [0, 0.1) is 39.4 Å². The Morgan fingerprint density at radius 3 is 2.37 bits per heavy atom. The van der Waals surface area contributed by atoms with E-state index in [0.717, 1.165) is 59.9 Å². The molecule has 0 spiro atoms. The Kier molecular flexibility index (Phi) is 6.01. The second-order valence-electron chi connectivity index (χ2n) is 9.64. The number of hydrogen-bond acceptors (Lipinski definition) is 4. The van der Waals surface area contributed by atoms with Crippen molar-refractivity contribution in [2.75, 3.05) is 23.3 Å². The molecule has 7 heteroatoms. The molecule has 1 aliphatic heterocycles. The molecule has 35 heavy (non-hydrogen) atoms. The van der Waals surface area contributed by atoms with Crippen molar-refractivity contribution in [1.29, 1.82) is 0 Å². The highest BCUT2D eigenvalue weighted by molar-refractivity contribution is 5.93. The van der Waals surface area contributed by atoms with E-state index in [9.17, 15) is 9.18 Å². The lowest BCUT2D eigenvalue weighted by molar-refractivity contribution is -0.120. The van der Waals surface area contributed by atoms with E-state index >= 15 is 0 Å². The SMILES string of the molecule is Cc1cc(C)cc(-c2cc3nc(C)cc(N4CCC(C(=O)Nc5ccc(F)cc5C)CC4)n3n2)c1. The summed E-state index contributed by atoms with van der Waals surface area (Å²) < 4.78 is 15.3. The number of nitrogens with zero attached hydrogens (tertiary/aromatic N) is 4. The van der Waals surface area contributed by atoms with Crippen molar-refractivity contribution in [2.24, 2.45) is 5.92 Å². The monoisotopic (exact) mass is 471 g/mol. The normalized spacial score (nSPS) is 14.5. The van der Waals surface area contributed by atoms with Crippen molar-refractivity contribution in [2.45, 2.75) is 40.5 Å². The molecule has 1 fully saturated rings. The number of carbonyl (C=O) groups excluding carboxylic acids is 1. The Labute approximate surface area is 204 Å². The quantitative estimate of drug-likeness (QED) is 0.419. The number of benzene rings is 2. The highest BCUT2D eigenvalue weighted by Gasteiger charge is 2.27. The minimum Gasteiger partial charge on any atom is -0.356 e. The summed E-state index contributed by atoms with van der Waals surface area (Å²) in [4.78, 5) is 19.9. The number of carbonyl (C=O) groups is 1. The fraction of sp³-hybridized carbons (Fsp3) is 0.321. The fourth-order valence-corrected chi connectivity index (χ4v) is 4.94. The van der Waals surface area contributed by atoms with Gasteiger partial charge in [-0.1, -0.05) is 17.2 Å². The van der Waals surface area contributed by atoms with Gasteiger partial charge in [-0.25, -0.2) is 9.37 Å². The van der Waals surface area contributed by atoms with Gasteiger partial charge < -0.3 is 10.2 Å². The standard InChI is InChI=1S/C28H30FN5O/c1-17-11-18(2)13-22(12-17)25-16-26-30-20(4)15-27(34(26)32-25)33-9-7-21(8-10-33)28(35)31-24-6-5-23(29)14-19(24)3/h5-6,11-16,21H,7-10H2,1-4H3,(H,31,35). The molecule has 6 nitrogen and oxygen atoms in total. The summed E-state index contributed by atoms with van der Waals surface area (Å²) in [5.74, 6) is 0.604. The van der Waals surface area contributed by atoms with Crippen molar-refractivity contribution in [3.05, 3.63) is 76.7 Å². The zero-order valence-electron chi connectivity index (χ0n) is 20.6. The van der Waals surface area contributed by atoms with Crippen molar-refractivity contribution in [3.63, 3.8) is 0 Å². The third kappa shape index (κ3) is 4.76. The summed E-state index contributed by atoms with van der Waals surface area (Å²) in [5.41, 5.74) is 7.55. The third-order valence-electron chi connectivity index (χ3n) is 6.69. The zero-order chi connectivity index (χ0) is 24.7. The lowest BCUT2D eigenvalue weighted by Gasteiger charge is -2.33. The van der Waals surface area contributed by atoms with Gasteiger partial charge in [0.1, 0.15) is 11.6 Å². The third-order valence-corrected chi connectivity index (χ3v) is 6.69. The molecule has 180 valence electrons. The second kappa shape index (κ2) is 9.13. The average molecular weight is 472 g/mol. The lowest BCUT2D eigenvalue weighted by atomic mass is 9.95. The van der Waals surface area contributed by atoms with Crippen LogP contribution in [0.25, 0.3) is 16.9 Å². The Morgan fingerprint density at radius 2 is 1.69 bits per heavy atom. The number of hydrogen-bond donors (Lipinski definition) is 1. The van der Waals surface area contributed by atoms with Gasteiger partial charge in [0, 0.05) is 48.1 Å². The van der Waals surface area contributed by atoms with E-state index in [2.05, 4.69) is 48.3 Å². The van der Waals surface area contributed by atoms with Crippen LogP contribution in [0.3, 0.4) is 0 Å². The van der Waals surface area contributed by atoms with Crippen molar-refractivity contribution < 1.29 is 9.18 Å². The maximum Gasteiger partial charge on any atom is 0.227 e. The number of rotatable bonds is 4. The van der Waals surface area contributed by atoms with Crippen LogP contribution >= 0.6 is 0 Å². The number of aromatic nitrogens is 3. The van der Waals surface area contributed by atoms with Crippen LogP contribution < -0.4 is 10.2 Å². The van der Waals surface area contributed by atoms with Gasteiger partial charge in [-0.3, -0.25) is 4.79 Å². The van der Waals surface area contributed by atoms with Gasteiger partial charge in [-0.05, 0) is 76.4 Å². The van der Waals surface area contributed by atoms with Crippen molar-refractivity contribution in [1.82, 2.24) is 14.6 Å². The number of aryl methyl sites for hydroxylation is 4. The molecule has 3 heterocycles. The molecule has 4 aromatic rings. The van der Waals surface area contributed by atoms with Crippen molar-refractivity contribution >= 4 is 23.1 Å². The number of anilines is 2. The van der Waals surface area contributed by atoms with Crippen LogP contribution in [0.2, 0.25) is 0 Å². The lowest BCUT2D eigenvalue weighted by Crippen LogP contribution is -2.39. The fourth-order valence-electron chi connectivity index (χ4n) is 4.94. The molecule has 0 radical (unpaired) electrons. The van der Waals surface area contributed by atoms with E-state index in [1.165, 1.54) is 23.3 Å². The van der Waals surface area contributed by atoms with Crippen LogP contribution in [0.15, 0.2) is 48.5 Å². The van der Waals surface area contributed by atoms with Gasteiger partial charge in [0.15, 0.2) is 5.65 Å². The summed E-state index contributed by atoms with van der Waals surface area (Å²) in [6, 6.07) is 15.0. The molecule has 2 aromatic heterocycles. The summed E-state index contributed by atoms with van der Waals surface area (Å²) in [6.07, 6.45) is 1.47. The maximum atomic E-state index is 13.4. The molecular weight excluding hydrogens is 441 g/mol. The Hall–Kier alpha value is -3.74. The Bertz CT molecular complexity index is 1400. The molecule has 1 N–H and O–H groups in total. The largest absolute Gasteiger partial charge is 0.356 e. The first-order valence-electron chi connectivity index (χ1n) is 12.0. The molecule has 0 bridgehead atoms. The number of fused-ring (bicyclic) bond motifs is 1. The maximum absolute atomic E-state index is 13.4. The van der Waals surface area contributed by atoms with E-state index in [0.29, 0.717) is 5.69 Å². The molecular formula is C28H30FN5O. The van der Waals surface area contributed by atoms with Gasteiger partial charge in [-0.2, -0.15) is 9.61 Å². The summed E-state index contributed by atoms with van der Waals surface area (Å²) in [7, 11) is 0. The number of piperidine rings is 1. The predicted molar refractivity (Wildman–Crippen MR) is 137 cm³/mol. The topological polar surface area (TPSA) is 62.5 Å². The van der Waals surface area contributed by atoms with E-state index in [4.69, 9.17) is 10.1 Å². The predicted octanol–water partition coefficient (Wildman–Crippen LogP) is 5.62. The Balaban J connectivity index is 1.35. The first-order valence-corrected chi connectivity index (χ1v) is 12.0. The average Bonchev–Trinajstić information content (AvgIpc) is 3.24. The van der Waals surface area contributed by atoms with Crippen LogP contribution in [-0.4, -0.2) is 33.6 Å².